The minimum Gasteiger partial charge on any atom is -0.492 e. The lowest BCUT2D eigenvalue weighted by Crippen LogP contribution is -2.52. The van der Waals surface area contributed by atoms with E-state index >= 15 is 0 Å². The first-order valence-corrected chi connectivity index (χ1v) is 11.2. The van der Waals surface area contributed by atoms with E-state index in [1.54, 1.807) is 38.1 Å². The van der Waals surface area contributed by atoms with Crippen LogP contribution in [0.25, 0.3) is 0 Å². The van der Waals surface area contributed by atoms with Crippen molar-refractivity contribution in [3.05, 3.63) is 24.3 Å². The molecule has 0 saturated carbocycles. The molecule has 0 saturated heterocycles. The molecule has 0 unspecified atom stereocenters. The Kier molecular flexibility index (Phi) is 8.74. The Bertz CT molecular complexity index is 778. The van der Waals surface area contributed by atoms with Crippen LogP contribution in [0.5, 0.6) is 5.75 Å². The van der Waals surface area contributed by atoms with Gasteiger partial charge < -0.3 is 20.1 Å². The highest BCUT2D eigenvalue weighted by molar-refractivity contribution is 7.90. The number of carbonyl (C=O) groups is 2. The molecule has 28 heavy (non-hydrogen) atoms. The Hall–Kier alpha value is -2.29. The van der Waals surface area contributed by atoms with Gasteiger partial charge in [0.05, 0.1) is 24.3 Å². The van der Waals surface area contributed by atoms with Crippen LogP contribution in [-0.2, 0) is 19.4 Å². The zero-order valence-electron chi connectivity index (χ0n) is 17.1. The summed E-state index contributed by atoms with van der Waals surface area (Å²) >= 11 is 0. The van der Waals surface area contributed by atoms with Crippen molar-refractivity contribution < 1.29 is 27.5 Å². The van der Waals surface area contributed by atoms with Gasteiger partial charge in [0, 0.05) is 18.0 Å². The molecule has 1 aromatic carbocycles. The number of nitrogens with one attached hydrogen (secondary N) is 2. The maximum atomic E-state index is 12.4. The second-order valence-electron chi connectivity index (χ2n) is 7.14. The van der Waals surface area contributed by atoms with Crippen molar-refractivity contribution in [3.8, 4) is 5.75 Å². The van der Waals surface area contributed by atoms with Crippen LogP contribution >= 0.6 is 0 Å². The molecule has 0 aliphatic carbocycles. The summed E-state index contributed by atoms with van der Waals surface area (Å²) in [6.45, 7) is 7.66. The predicted octanol–water partition coefficient (Wildman–Crippen LogP) is 2.60. The number of anilines is 1. The lowest BCUT2D eigenvalue weighted by Gasteiger charge is -2.34. The zero-order chi connectivity index (χ0) is 21.4. The second-order valence-corrected chi connectivity index (χ2v) is 9.40. The van der Waals surface area contributed by atoms with Gasteiger partial charge in [-0.15, -0.1) is 0 Å². The Morgan fingerprint density at radius 2 is 1.93 bits per heavy atom. The first kappa shape index (κ1) is 23.7. The Balaban J connectivity index is 2.72. The largest absolute Gasteiger partial charge is 0.492 e. The first-order valence-electron chi connectivity index (χ1n) is 9.10. The normalized spacial score (nSPS) is 13.5. The molecule has 158 valence electrons. The van der Waals surface area contributed by atoms with E-state index in [4.69, 9.17) is 9.47 Å². The highest BCUT2D eigenvalue weighted by atomic mass is 32.2. The first-order chi connectivity index (χ1) is 12.9. The summed E-state index contributed by atoms with van der Waals surface area (Å²) in [6, 6.07) is 6.17. The lowest BCUT2D eigenvalue weighted by atomic mass is 9.85. The van der Waals surface area contributed by atoms with Gasteiger partial charge in [0.1, 0.15) is 12.4 Å². The van der Waals surface area contributed by atoms with E-state index in [0.717, 1.165) is 6.26 Å². The van der Waals surface area contributed by atoms with Gasteiger partial charge >= 0.3 is 12.0 Å². The van der Waals surface area contributed by atoms with Crippen LogP contribution in [-0.4, -0.2) is 51.2 Å². The SMILES string of the molecule is CCOC(=O)C[C@](C)(NC(=O)Nc1cccc(OCCS(C)(=O)=O)c1)C(C)C. The fraction of sp³-hybridized carbons (Fsp3) is 0.579. The van der Waals surface area contributed by atoms with Gasteiger partial charge in [-0.25, -0.2) is 13.2 Å². The number of hydrogen-bond donors (Lipinski definition) is 2. The number of ether oxygens (including phenoxy) is 2. The summed E-state index contributed by atoms with van der Waals surface area (Å²) in [6.07, 6.45) is 1.20. The standard InChI is InChI=1S/C19H30N2O6S/c1-6-26-17(22)13-19(4,14(2)3)21-18(23)20-15-8-7-9-16(12-15)27-10-11-28(5,24)25/h7-9,12,14H,6,10-11,13H2,1-5H3,(H2,20,21,23)/t19-/m0/s1. The summed E-state index contributed by atoms with van der Waals surface area (Å²) in [5.74, 6) is -0.0284. The quantitative estimate of drug-likeness (QED) is 0.569. The number of amides is 2. The van der Waals surface area contributed by atoms with E-state index < -0.39 is 21.4 Å². The Labute approximate surface area is 166 Å². The van der Waals surface area contributed by atoms with Gasteiger partial charge in [0.2, 0.25) is 0 Å². The van der Waals surface area contributed by atoms with Gasteiger partial charge in [-0.3, -0.25) is 4.79 Å². The molecule has 1 rings (SSSR count). The molecular formula is C19H30N2O6S. The molecule has 0 heterocycles. The second kappa shape index (κ2) is 10.3. The van der Waals surface area contributed by atoms with Crippen molar-refractivity contribution in [2.75, 3.05) is 30.5 Å². The van der Waals surface area contributed by atoms with Crippen molar-refractivity contribution >= 4 is 27.5 Å². The van der Waals surface area contributed by atoms with Crippen molar-refractivity contribution in [2.45, 2.75) is 39.7 Å². The maximum Gasteiger partial charge on any atom is 0.319 e. The number of rotatable bonds is 10. The smallest absolute Gasteiger partial charge is 0.319 e. The summed E-state index contributed by atoms with van der Waals surface area (Å²) < 4.78 is 32.7. The molecule has 0 aliphatic heterocycles. The van der Waals surface area contributed by atoms with Gasteiger partial charge in [0.15, 0.2) is 9.84 Å². The van der Waals surface area contributed by atoms with Crippen molar-refractivity contribution in [2.24, 2.45) is 5.92 Å². The number of esters is 1. The average molecular weight is 415 g/mol. The minimum atomic E-state index is -3.11. The third-order valence-corrected chi connectivity index (χ3v) is 5.21. The van der Waals surface area contributed by atoms with Crippen molar-refractivity contribution in [1.82, 2.24) is 5.32 Å². The molecule has 1 aromatic rings. The van der Waals surface area contributed by atoms with Crippen LogP contribution in [0.15, 0.2) is 24.3 Å². The fourth-order valence-electron chi connectivity index (χ4n) is 2.30. The summed E-state index contributed by atoms with van der Waals surface area (Å²) in [4.78, 5) is 24.3. The highest BCUT2D eigenvalue weighted by Crippen LogP contribution is 2.22. The minimum absolute atomic E-state index is 0.00619. The van der Waals surface area contributed by atoms with Crippen LogP contribution in [0.3, 0.4) is 0 Å². The van der Waals surface area contributed by atoms with Crippen molar-refractivity contribution in [3.63, 3.8) is 0 Å². The Morgan fingerprint density at radius 1 is 1.25 bits per heavy atom. The van der Waals surface area contributed by atoms with Crippen LogP contribution in [0.4, 0.5) is 10.5 Å². The molecular weight excluding hydrogens is 384 g/mol. The summed E-state index contributed by atoms with van der Waals surface area (Å²) in [5.41, 5.74) is -0.295. The molecule has 0 spiro atoms. The van der Waals surface area contributed by atoms with Crippen LogP contribution in [0, 0.1) is 5.92 Å². The van der Waals surface area contributed by atoms with E-state index in [9.17, 15) is 18.0 Å². The molecule has 0 aliphatic rings. The zero-order valence-corrected chi connectivity index (χ0v) is 17.9. The molecule has 2 N–H and O–H groups in total. The van der Waals surface area contributed by atoms with Crippen molar-refractivity contribution in [1.29, 1.82) is 0 Å². The summed E-state index contributed by atoms with van der Waals surface area (Å²) in [7, 11) is -3.11. The van der Waals surface area contributed by atoms with Gasteiger partial charge in [0.25, 0.3) is 0 Å². The Morgan fingerprint density at radius 3 is 2.50 bits per heavy atom. The van der Waals surface area contributed by atoms with E-state index in [-0.39, 0.29) is 37.3 Å². The van der Waals surface area contributed by atoms with E-state index in [2.05, 4.69) is 10.6 Å². The van der Waals surface area contributed by atoms with E-state index in [1.165, 1.54) is 0 Å². The molecule has 8 nitrogen and oxygen atoms in total. The maximum absolute atomic E-state index is 12.4. The third kappa shape index (κ3) is 8.60. The van der Waals surface area contributed by atoms with Crippen LogP contribution in [0.2, 0.25) is 0 Å². The van der Waals surface area contributed by atoms with E-state index in [1.807, 2.05) is 13.8 Å². The molecule has 0 radical (unpaired) electrons. The topological polar surface area (TPSA) is 111 Å². The number of carbonyl (C=O) groups excluding carboxylic acids is 2. The fourth-order valence-corrected chi connectivity index (χ4v) is 2.69. The van der Waals surface area contributed by atoms with Gasteiger partial charge in [-0.2, -0.15) is 0 Å². The molecule has 0 aromatic heterocycles. The third-order valence-electron chi connectivity index (χ3n) is 4.31. The number of benzene rings is 1. The molecule has 1 atom stereocenters. The number of urea groups is 1. The average Bonchev–Trinajstić information content (AvgIpc) is 2.53. The number of hydrogen-bond acceptors (Lipinski definition) is 6. The summed E-state index contributed by atoms with van der Waals surface area (Å²) in [5, 5.41) is 5.55. The highest BCUT2D eigenvalue weighted by Gasteiger charge is 2.33. The predicted molar refractivity (Wildman–Crippen MR) is 108 cm³/mol. The lowest BCUT2D eigenvalue weighted by molar-refractivity contribution is -0.145. The monoisotopic (exact) mass is 414 g/mol. The van der Waals surface area contributed by atoms with Crippen LogP contribution in [0.1, 0.15) is 34.1 Å². The van der Waals surface area contributed by atoms with Gasteiger partial charge in [-0.05, 0) is 31.9 Å². The molecule has 2 amide bonds. The van der Waals surface area contributed by atoms with Gasteiger partial charge in [-0.1, -0.05) is 19.9 Å². The molecule has 0 fully saturated rings. The molecule has 9 heteroatoms. The molecule has 0 bridgehead atoms. The number of sulfone groups is 1. The van der Waals surface area contributed by atoms with E-state index in [0.29, 0.717) is 11.4 Å². The van der Waals surface area contributed by atoms with Crippen LogP contribution < -0.4 is 15.4 Å².